The molecule has 5 nitrogen and oxygen atoms in total. The fraction of sp³-hybridized carbons (Fsp3) is 0.600. The fourth-order valence-corrected chi connectivity index (χ4v) is 2.75. The molecule has 1 aromatic rings. The van der Waals surface area contributed by atoms with E-state index in [1.54, 1.807) is 0 Å². The highest BCUT2D eigenvalue weighted by atomic mass is 19.4. The molecule has 0 saturated heterocycles. The predicted molar refractivity (Wildman–Crippen MR) is 78.0 cm³/mol. The van der Waals surface area contributed by atoms with Gasteiger partial charge in [-0.15, -0.1) is 0 Å². The van der Waals surface area contributed by atoms with E-state index in [-0.39, 0.29) is 25.3 Å². The number of urea groups is 1. The highest BCUT2D eigenvalue weighted by Crippen LogP contribution is 2.37. The average molecular weight is 367 g/mol. The Balaban J connectivity index is 1.81. The van der Waals surface area contributed by atoms with Gasteiger partial charge in [-0.3, -0.25) is 0 Å². The molecule has 1 fully saturated rings. The lowest BCUT2D eigenvalue weighted by Crippen LogP contribution is -2.45. The molecule has 2 amide bonds. The van der Waals surface area contributed by atoms with Crippen LogP contribution >= 0.6 is 0 Å². The highest BCUT2D eigenvalue weighted by molar-refractivity contribution is 5.74. The Morgan fingerprint density at radius 2 is 2.12 bits per heavy atom. The van der Waals surface area contributed by atoms with Crippen LogP contribution in [0.15, 0.2) is 18.3 Å². The SMILES string of the molecule is O=C(NCc1ccnc(OC(F)F)c1)N[C@@H]1CCC[C@H](C(F)(F)F)C1. The largest absolute Gasteiger partial charge is 0.417 e. The number of aromatic nitrogens is 1. The van der Waals surface area contributed by atoms with Crippen LogP contribution in [-0.2, 0) is 6.54 Å². The molecule has 2 rings (SSSR count). The number of hydrogen-bond acceptors (Lipinski definition) is 3. The van der Waals surface area contributed by atoms with E-state index < -0.39 is 30.8 Å². The van der Waals surface area contributed by atoms with Crippen LogP contribution in [0.1, 0.15) is 31.2 Å². The van der Waals surface area contributed by atoms with Crippen LogP contribution in [0.25, 0.3) is 0 Å². The molecule has 10 heteroatoms. The number of hydrogen-bond donors (Lipinski definition) is 2. The lowest BCUT2D eigenvalue weighted by molar-refractivity contribution is -0.183. The molecule has 0 radical (unpaired) electrons. The van der Waals surface area contributed by atoms with Gasteiger partial charge >= 0.3 is 18.8 Å². The number of rotatable bonds is 5. The number of amides is 2. The van der Waals surface area contributed by atoms with Gasteiger partial charge in [-0.05, 0) is 30.9 Å². The minimum absolute atomic E-state index is 0.00334. The Morgan fingerprint density at radius 1 is 1.36 bits per heavy atom. The van der Waals surface area contributed by atoms with Crippen molar-refractivity contribution in [1.82, 2.24) is 15.6 Å². The van der Waals surface area contributed by atoms with E-state index in [9.17, 15) is 26.7 Å². The minimum atomic E-state index is -4.25. The summed E-state index contributed by atoms with van der Waals surface area (Å²) in [7, 11) is 0. The summed E-state index contributed by atoms with van der Waals surface area (Å²) in [6, 6.07) is 1.59. The van der Waals surface area contributed by atoms with Crippen molar-refractivity contribution in [2.75, 3.05) is 0 Å². The topological polar surface area (TPSA) is 63.2 Å². The Morgan fingerprint density at radius 3 is 2.80 bits per heavy atom. The molecule has 140 valence electrons. The van der Waals surface area contributed by atoms with E-state index in [1.165, 1.54) is 18.3 Å². The summed E-state index contributed by atoms with van der Waals surface area (Å²) < 4.78 is 66.6. The van der Waals surface area contributed by atoms with E-state index in [4.69, 9.17) is 0 Å². The van der Waals surface area contributed by atoms with Gasteiger partial charge in [0.2, 0.25) is 5.88 Å². The maximum absolute atomic E-state index is 12.8. The molecule has 0 bridgehead atoms. The van der Waals surface area contributed by atoms with Crippen LogP contribution in [0.3, 0.4) is 0 Å². The standard InChI is InChI=1S/C15H18F5N3O2/c16-13(17)25-12-6-9(4-5-21-12)8-22-14(24)23-11-3-1-2-10(7-11)15(18,19)20/h4-6,10-11,13H,1-3,7-8H2,(H2,22,23,24)/t10-,11+/m0/s1. The Bertz CT molecular complexity index is 583. The zero-order chi connectivity index (χ0) is 18.4. The van der Waals surface area contributed by atoms with E-state index in [0.717, 1.165) is 0 Å². The van der Waals surface area contributed by atoms with Crippen LogP contribution < -0.4 is 15.4 Å². The zero-order valence-electron chi connectivity index (χ0n) is 13.2. The third kappa shape index (κ3) is 6.35. The maximum atomic E-state index is 12.8. The molecule has 1 saturated carbocycles. The molecule has 0 aromatic carbocycles. The zero-order valence-corrected chi connectivity index (χ0v) is 13.2. The summed E-state index contributed by atoms with van der Waals surface area (Å²) in [5, 5.41) is 5.00. The van der Waals surface area contributed by atoms with Crippen molar-refractivity contribution in [2.45, 2.75) is 51.1 Å². The van der Waals surface area contributed by atoms with Crippen LogP contribution in [0, 0.1) is 5.92 Å². The molecule has 1 aromatic heterocycles. The summed E-state index contributed by atoms with van der Waals surface area (Å²) in [4.78, 5) is 15.4. The number of nitrogens with zero attached hydrogens (tertiary/aromatic N) is 1. The Hall–Kier alpha value is -2.13. The van der Waals surface area contributed by atoms with Gasteiger partial charge in [0.25, 0.3) is 0 Å². The van der Waals surface area contributed by atoms with Crippen LogP contribution in [0.4, 0.5) is 26.7 Å². The van der Waals surface area contributed by atoms with E-state index in [1.807, 2.05) is 0 Å². The van der Waals surface area contributed by atoms with Crippen molar-refractivity contribution in [3.63, 3.8) is 0 Å². The molecular weight excluding hydrogens is 349 g/mol. The molecule has 0 aliphatic heterocycles. The predicted octanol–water partition coefficient (Wildman–Crippen LogP) is 3.60. The minimum Gasteiger partial charge on any atom is -0.417 e. The first-order chi connectivity index (χ1) is 11.7. The van der Waals surface area contributed by atoms with Crippen molar-refractivity contribution >= 4 is 6.03 Å². The number of ether oxygens (including phenoxy) is 1. The molecule has 1 aliphatic rings. The molecular formula is C15H18F5N3O2. The summed E-state index contributed by atoms with van der Waals surface area (Å²) in [6.07, 6.45) is -2.18. The van der Waals surface area contributed by atoms with Crippen molar-refractivity contribution in [3.05, 3.63) is 23.9 Å². The van der Waals surface area contributed by atoms with E-state index >= 15 is 0 Å². The summed E-state index contributed by atoms with van der Waals surface area (Å²) in [5.74, 6) is -1.68. The fourth-order valence-electron chi connectivity index (χ4n) is 2.75. The second-order valence-electron chi connectivity index (χ2n) is 5.81. The first kappa shape index (κ1) is 19.2. The lowest BCUT2D eigenvalue weighted by atomic mass is 9.85. The number of nitrogens with one attached hydrogen (secondary N) is 2. The molecule has 1 heterocycles. The van der Waals surface area contributed by atoms with Crippen molar-refractivity contribution < 1.29 is 31.5 Å². The molecule has 1 aliphatic carbocycles. The molecule has 2 atom stereocenters. The smallest absolute Gasteiger partial charge is 0.391 e. The van der Waals surface area contributed by atoms with Crippen LogP contribution in [0.2, 0.25) is 0 Å². The van der Waals surface area contributed by atoms with Gasteiger partial charge in [-0.25, -0.2) is 9.78 Å². The van der Waals surface area contributed by atoms with E-state index in [0.29, 0.717) is 18.4 Å². The van der Waals surface area contributed by atoms with Gasteiger partial charge < -0.3 is 15.4 Å². The Kier molecular flexibility index (Phi) is 6.38. The molecule has 2 N–H and O–H groups in total. The molecule has 25 heavy (non-hydrogen) atoms. The molecule has 0 unspecified atom stereocenters. The number of alkyl halides is 5. The van der Waals surface area contributed by atoms with Gasteiger partial charge in [0, 0.05) is 24.8 Å². The van der Waals surface area contributed by atoms with Gasteiger partial charge in [0.1, 0.15) is 0 Å². The summed E-state index contributed by atoms with van der Waals surface area (Å²) >= 11 is 0. The Labute approximate surface area is 140 Å². The number of halogens is 5. The number of pyridine rings is 1. The van der Waals surface area contributed by atoms with Gasteiger partial charge in [0.05, 0.1) is 5.92 Å². The number of carbonyl (C=O) groups excluding carboxylic acids is 1. The first-order valence-corrected chi connectivity index (χ1v) is 7.75. The highest BCUT2D eigenvalue weighted by Gasteiger charge is 2.42. The third-order valence-corrected chi connectivity index (χ3v) is 3.93. The second kappa shape index (κ2) is 8.30. The van der Waals surface area contributed by atoms with Crippen molar-refractivity contribution in [3.8, 4) is 5.88 Å². The third-order valence-electron chi connectivity index (χ3n) is 3.93. The summed E-state index contributed by atoms with van der Waals surface area (Å²) in [5.41, 5.74) is 0.470. The monoisotopic (exact) mass is 367 g/mol. The van der Waals surface area contributed by atoms with E-state index in [2.05, 4.69) is 20.4 Å². The van der Waals surface area contributed by atoms with Crippen LogP contribution in [0.5, 0.6) is 5.88 Å². The van der Waals surface area contributed by atoms with Crippen molar-refractivity contribution in [2.24, 2.45) is 5.92 Å². The quantitative estimate of drug-likeness (QED) is 0.782. The second-order valence-corrected chi connectivity index (χ2v) is 5.81. The molecule has 0 spiro atoms. The number of carbonyl (C=O) groups is 1. The first-order valence-electron chi connectivity index (χ1n) is 7.75. The maximum Gasteiger partial charge on any atom is 0.391 e. The van der Waals surface area contributed by atoms with Crippen molar-refractivity contribution in [1.29, 1.82) is 0 Å². The van der Waals surface area contributed by atoms with Gasteiger partial charge in [-0.2, -0.15) is 22.0 Å². The summed E-state index contributed by atoms with van der Waals surface area (Å²) in [6.45, 7) is -3.00. The average Bonchev–Trinajstić information content (AvgIpc) is 2.52. The van der Waals surface area contributed by atoms with Gasteiger partial charge in [-0.1, -0.05) is 6.42 Å². The van der Waals surface area contributed by atoms with Gasteiger partial charge in [0.15, 0.2) is 0 Å². The van der Waals surface area contributed by atoms with Crippen LogP contribution in [-0.4, -0.2) is 29.8 Å². The lowest BCUT2D eigenvalue weighted by Gasteiger charge is -2.31. The normalized spacial score (nSPS) is 21.0.